The second kappa shape index (κ2) is 8.24. The largest absolute Gasteiger partial charge is 0.475 e. The van der Waals surface area contributed by atoms with Crippen molar-refractivity contribution in [1.29, 1.82) is 10.5 Å². The van der Waals surface area contributed by atoms with Gasteiger partial charge >= 0.3 is 0 Å². The van der Waals surface area contributed by atoms with E-state index in [2.05, 4.69) is 27.6 Å². The summed E-state index contributed by atoms with van der Waals surface area (Å²) in [5, 5.41) is 27.4. The SMILES string of the molecule is Cc1c(-c2cc(OC(C)C3CC(F)(F)C3)n3c(C#N)cnc3c2)nnn1C1CCN(C#N)CC1. The van der Waals surface area contributed by atoms with Crippen molar-refractivity contribution in [2.75, 3.05) is 13.1 Å². The van der Waals surface area contributed by atoms with Crippen molar-refractivity contribution in [3.8, 4) is 29.4 Å². The number of hydrogen-bond donors (Lipinski definition) is 0. The van der Waals surface area contributed by atoms with Crippen molar-refractivity contribution in [1.82, 2.24) is 29.3 Å². The number of rotatable bonds is 5. The van der Waals surface area contributed by atoms with Crippen LogP contribution in [0.5, 0.6) is 5.88 Å². The Kier molecular flexibility index (Phi) is 5.35. The maximum atomic E-state index is 13.4. The van der Waals surface area contributed by atoms with Crippen molar-refractivity contribution in [3.05, 3.63) is 29.7 Å². The number of pyridine rings is 1. The Balaban J connectivity index is 1.47. The average molecular weight is 466 g/mol. The second-order valence-corrected chi connectivity index (χ2v) is 9.16. The minimum absolute atomic E-state index is 0.155. The summed E-state index contributed by atoms with van der Waals surface area (Å²) >= 11 is 0. The Morgan fingerprint density at radius 3 is 2.59 bits per heavy atom. The van der Waals surface area contributed by atoms with Crippen LogP contribution in [0.2, 0.25) is 0 Å². The second-order valence-electron chi connectivity index (χ2n) is 9.16. The van der Waals surface area contributed by atoms with Gasteiger partial charge in [-0.05, 0) is 32.8 Å². The van der Waals surface area contributed by atoms with E-state index in [1.54, 1.807) is 22.3 Å². The molecule has 1 unspecified atom stereocenters. The molecule has 1 atom stereocenters. The van der Waals surface area contributed by atoms with Gasteiger partial charge in [-0.2, -0.15) is 10.5 Å². The van der Waals surface area contributed by atoms with E-state index in [9.17, 15) is 14.0 Å². The van der Waals surface area contributed by atoms with E-state index in [-0.39, 0.29) is 24.8 Å². The molecule has 11 heteroatoms. The maximum Gasteiger partial charge on any atom is 0.249 e. The van der Waals surface area contributed by atoms with Gasteiger partial charge in [-0.15, -0.1) is 5.10 Å². The highest BCUT2D eigenvalue weighted by atomic mass is 19.3. The number of likely N-dealkylation sites (tertiary alicyclic amines) is 1. The van der Waals surface area contributed by atoms with Gasteiger partial charge in [0.15, 0.2) is 6.19 Å². The Morgan fingerprint density at radius 1 is 1.21 bits per heavy atom. The number of nitrogens with zero attached hydrogens (tertiary/aromatic N) is 8. The fourth-order valence-corrected chi connectivity index (χ4v) is 4.87. The molecule has 4 heterocycles. The molecule has 9 nitrogen and oxygen atoms in total. The summed E-state index contributed by atoms with van der Waals surface area (Å²) in [4.78, 5) is 6.08. The summed E-state index contributed by atoms with van der Waals surface area (Å²) in [5.41, 5.74) is 3.07. The summed E-state index contributed by atoms with van der Waals surface area (Å²) < 4.78 is 36.4. The van der Waals surface area contributed by atoms with Gasteiger partial charge < -0.3 is 9.64 Å². The van der Waals surface area contributed by atoms with Crippen LogP contribution < -0.4 is 4.74 Å². The van der Waals surface area contributed by atoms with Crippen molar-refractivity contribution < 1.29 is 13.5 Å². The molecule has 3 aromatic rings. The Hall–Kier alpha value is -3.73. The number of piperidine rings is 1. The van der Waals surface area contributed by atoms with Crippen LogP contribution in [0.1, 0.15) is 50.0 Å². The van der Waals surface area contributed by atoms with Crippen molar-refractivity contribution in [3.63, 3.8) is 0 Å². The van der Waals surface area contributed by atoms with Crippen LogP contribution >= 0.6 is 0 Å². The zero-order chi connectivity index (χ0) is 24.0. The predicted molar refractivity (Wildman–Crippen MR) is 117 cm³/mol. The third kappa shape index (κ3) is 3.81. The predicted octanol–water partition coefficient (Wildman–Crippen LogP) is 3.70. The third-order valence-corrected chi connectivity index (χ3v) is 6.93. The van der Waals surface area contributed by atoms with Crippen LogP contribution in [0.25, 0.3) is 16.9 Å². The fraction of sp³-hybridized carbons (Fsp3) is 0.522. The van der Waals surface area contributed by atoms with Gasteiger partial charge in [-0.1, -0.05) is 5.21 Å². The third-order valence-electron chi connectivity index (χ3n) is 6.93. The highest BCUT2D eigenvalue weighted by molar-refractivity contribution is 5.68. The van der Waals surface area contributed by atoms with E-state index in [4.69, 9.17) is 10.00 Å². The molecule has 176 valence electrons. The van der Waals surface area contributed by atoms with Gasteiger partial charge in [-0.3, -0.25) is 4.40 Å². The summed E-state index contributed by atoms with van der Waals surface area (Å²) in [6.45, 7) is 5.09. The molecule has 0 amide bonds. The first-order chi connectivity index (χ1) is 16.3. The van der Waals surface area contributed by atoms with Gasteiger partial charge in [0.1, 0.15) is 29.2 Å². The molecular weight excluding hydrogens is 442 g/mol. The number of hydrogen-bond acceptors (Lipinski definition) is 7. The monoisotopic (exact) mass is 466 g/mol. The summed E-state index contributed by atoms with van der Waals surface area (Å²) in [5.74, 6) is -2.53. The van der Waals surface area contributed by atoms with E-state index in [0.29, 0.717) is 36.0 Å². The number of aromatic nitrogens is 5. The molecule has 0 aromatic carbocycles. The molecule has 1 saturated carbocycles. The van der Waals surface area contributed by atoms with Crippen LogP contribution in [0.4, 0.5) is 8.78 Å². The fourth-order valence-electron chi connectivity index (χ4n) is 4.87. The lowest BCUT2D eigenvalue weighted by atomic mass is 9.78. The molecule has 1 aliphatic carbocycles. The summed E-state index contributed by atoms with van der Waals surface area (Å²) in [6.07, 6.45) is 4.40. The highest BCUT2D eigenvalue weighted by Gasteiger charge is 2.48. The normalized spacial score (nSPS) is 19.4. The van der Waals surface area contributed by atoms with E-state index < -0.39 is 12.0 Å². The topological polar surface area (TPSA) is 108 Å². The van der Waals surface area contributed by atoms with Crippen LogP contribution in [-0.4, -0.2) is 54.4 Å². The van der Waals surface area contributed by atoms with Crippen molar-refractivity contribution >= 4 is 5.65 Å². The van der Waals surface area contributed by atoms with Gasteiger partial charge in [0.05, 0.1) is 17.9 Å². The standard InChI is InChI=1S/C23H24F2N8O/c1-14-22(29-30-33(14)18-3-5-31(13-27)6-4-18)16-7-20-28-12-19(11-26)32(20)21(8-16)34-15(2)17-9-23(24,25)10-17/h7-8,12,15,17-18H,3-6,9-10H2,1-2H3. The van der Waals surface area contributed by atoms with Gasteiger partial charge in [0.2, 0.25) is 11.8 Å². The van der Waals surface area contributed by atoms with E-state index in [0.717, 1.165) is 24.1 Å². The van der Waals surface area contributed by atoms with Gasteiger partial charge in [0, 0.05) is 43.5 Å². The molecule has 5 rings (SSSR count). The Morgan fingerprint density at radius 2 is 1.94 bits per heavy atom. The number of halogens is 2. The zero-order valence-corrected chi connectivity index (χ0v) is 18.9. The first kappa shape index (κ1) is 22.1. The first-order valence-corrected chi connectivity index (χ1v) is 11.3. The summed E-state index contributed by atoms with van der Waals surface area (Å²) in [6, 6.07) is 5.84. The molecule has 1 aliphatic heterocycles. The minimum atomic E-state index is -2.63. The minimum Gasteiger partial charge on any atom is -0.475 e. The first-order valence-electron chi connectivity index (χ1n) is 11.3. The number of imidazole rings is 1. The lowest BCUT2D eigenvalue weighted by Crippen LogP contribution is -2.43. The zero-order valence-electron chi connectivity index (χ0n) is 18.9. The van der Waals surface area contributed by atoms with Crippen LogP contribution in [-0.2, 0) is 0 Å². The van der Waals surface area contributed by atoms with Crippen LogP contribution in [0.15, 0.2) is 18.3 Å². The van der Waals surface area contributed by atoms with E-state index in [1.165, 1.54) is 6.20 Å². The molecule has 0 N–H and O–H groups in total. The maximum absolute atomic E-state index is 13.4. The van der Waals surface area contributed by atoms with Crippen molar-refractivity contribution in [2.24, 2.45) is 5.92 Å². The van der Waals surface area contributed by atoms with E-state index in [1.807, 2.05) is 17.7 Å². The molecule has 0 radical (unpaired) electrons. The Labute approximate surface area is 195 Å². The van der Waals surface area contributed by atoms with Crippen LogP contribution in [0, 0.1) is 35.6 Å². The highest BCUT2D eigenvalue weighted by Crippen LogP contribution is 2.45. The molecule has 0 spiro atoms. The quantitative estimate of drug-likeness (QED) is 0.528. The molecular formula is C23H24F2N8O. The molecule has 1 saturated heterocycles. The van der Waals surface area contributed by atoms with E-state index >= 15 is 0 Å². The molecule has 34 heavy (non-hydrogen) atoms. The number of fused-ring (bicyclic) bond motifs is 1. The molecule has 2 fully saturated rings. The van der Waals surface area contributed by atoms with Gasteiger partial charge in [-0.25, -0.2) is 18.4 Å². The lowest BCUT2D eigenvalue weighted by molar-refractivity contribution is -0.134. The number of alkyl halides is 2. The number of nitriles is 2. The molecule has 2 aliphatic rings. The summed E-state index contributed by atoms with van der Waals surface area (Å²) in [7, 11) is 0. The van der Waals surface area contributed by atoms with Crippen molar-refractivity contribution in [2.45, 2.75) is 57.6 Å². The average Bonchev–Trinajstić information content (AvgIpc) is 3.40. The molecule has 0 bridgehead atoms. The lowest BCUT2D eigenvalue weighted by Gasteiger charge is -2.38. The Bertz CT molecular complexity index is 1300. The smallest absolute Gasteiger partial charge is 0.249 e. The van der Waals surface area contributed by atoms with Crippen LogP contribution in [0.3, 0.4) is 0 Å². The molecule has 3 aromatic heterocycles. The van der Waals surface area contributed by atoms with Gasteiger partial charge in [0.25, 0.3) is 0 Å². The number of ether oxygens (including phenoxy) is 1.